The Labute approximate surface area is 108 Å². The van der Waals surface area contributed by atoms with Gasteiger partial charge in [-0.2, -0.15) is 0 Å². The number of hydrogen-bond donors (Lipinski definition) is 0. The predicted molar refractivity (Wildman–Crippen MR) is 83.5 cm³/mol. The molecule has 0 aliphatic heterocycles. The second-order valence-corrected chi connectivity index (χ2v) is 3.18. The van der Waals surface area contributed by atoms with E-state index < -0.39 is 0 Å². The molecule has 0 spiro atoms. The Morgan fingerprint density at radius 3 is 1.59 bits per heavy atom. The lowest BCUT2D eigenvalue weighted by atomic mass is 10.0. The fourth-order valence-electron chi connectivity index (χ4n) is 1.51. The van der Waals surface area contributed by atoms with Crippen molar-refractivity contribution >= 4 is 0 Å². The molecule has 0 aliphatic carbocycles. The van der Waals surface area contributed by atoms with Crippen LogP contribution in [0.3, 0.4) is 0 Å². The van der Waals surface area contributed by atoms with Crippen molar-refractivity contribution in [3.05, 3.63) is 60.2 Å². The Morgan fingerprint density at radius 2 is 1.06 bits per heavy atom. The van der Waals surface area contributed by atoms with Crippen LogP contribution in [0.1, 0.15) is 35.3 Å². The first kappa shape index (κ1) is 20.8. The molecule has 0 heteroatoms. The van der Waals surface area contributed by atoms with Crippen LogP contribution < -0.4 is 0 Å². The first-order valence-corrected chi connectivity index (χ1v) is 4.49. The molecule has 17 heavy (non-hydrogen) atoms. The summed E-state index contributed by atoms with van der Waals surface area (Å²) in [5, 5.41) is 0. The SMILES string of the molecule is C.C.C.C.Cc1ccccc1-c1ccccc1. The summed E-state index contributed by atoms with van der Waals surface area (Å²) >= 11 is 0. The highest BCUT2D eigenvalue weighted by molar-refractivity contribution is 5.66. The van der Waals surface area contributed by atoms with E-state index in [1.807, 2.05) is 6.07 Å². The molecule has 0 aliphatic rings. The monoisotopic (exact) mass is 232 g/mol. The number of hydrogen-bond acceptors (Lipinski definition) is 0. The van der Waals surface area contributed by atoms with E-state index in [1.165, 1.54) is 16.7 Å². The number of benzene rings is 2. The van der Waals surface area contributed by atoms with Crippen molar-refractivity contribution in [1.82, 2.24) is 0 Å². The van der Waals surface area contributed by atoms with Gasteiger partial charge < -0.3 is 0 Å². The number of rotatable bonds is 1. The van der Waals surface area contributed by atoms with Crippen molar-refractivity contribution in [2.24, 2.45) is 0 Å². The molecular weight excluding hydrogens is 204 g/mol. The highest BCUT2D eigenvalue weighted by atomic mass is 14.0. The summed E-state index contributed by atoms with van der Waals surface area (Å²) in [5.74, 6) is 0. The van der Waals surface area contributed by atoms with Crippen molar-refractivity contribution in [2.75, 3.05) is 0 Å². The summed E-state index contributed by atoms with van der Waals surface area (Å²) < 4.78 is 0. The molecule has 2 aromatic rings. The van der Waals surface area contributed by atoms with Gasteiger partial charge in [-0.05, 0) is 23.6 Å². The lowest BCUT2D eigenvalue weighted by molar-refractivity contribution is 1.46. The third-order valence-electron chi connectivity index (χ3n) is 2.23. The van der Waals surface area contributed by atoms with E-state index in [1.54, 1.807) is 0 Å². The topological polar surface area (TPSA) is 0 Å². The highest BCUT2D eigenvalue weighted by Gasteiger charge is 1.97. The third kappa shape index (κ3) is 4.86. The molecule has 2 rings (SSSR count). The molecule has 0 aromatic heterocycles. The molecule has 0 unspecified atom stereocenters. The summed E-state index contributed by atoms with van der Waals surface area (Å²) in [6.45, 7) is 2.14. The minimum atomic E-state index is 0. The van der Waals surface area contributed by atoms with Gasteiger partial charge in [-0.1, -0.05) is 84.3 Å². The molecule has 0 saturated heterocycles. The Balaban J connectivity index is -0.000000490. The van der Waals surface area contributed by atoms with Crippen molar-refractivity contribution < 1.29 is 0 Å². The van der Waals surface area contributed by atoms with Gasteiger partial charge >= 0.3 is 0 Å². The second-order valence-electron chi connectivity index (χ2n) is 3.18. The number of aryl methyl sites for hydroxylation is 1. The maximum Gasteiger partial charge on any atom is -0.0155 e. The smallest absolute Gasteiger partial charge is 0.0155 e. The van der Waals surface area contributed by atoms with Gasteiger partial charge in [0.2, 0.25) is 0 Å². The highest BCUT2D eigenvalue weighted by Crippen LogP contribution is 2.21. The van der Waals surface area contributed by atoms with Crippen molar-refractivity contribution in [2.45, 2.75) is 36.6 Å². The summed E-state index contributed by atoms with van der Waals surface area (Å²) in [7, 11) is 0. The zero-order valence-corrected chi connectivity index (χ0v) is 7.70. The summed E-state index contributed by atoms with van der Waals surface area (Å²) in [6, 6.07) is 18.9. The van der Waals surface area contributed by atoms with Crippen LogP contribution in [-0.4, -0.2) is 0 Å². The van der Waals surface area contributed by atoms with E-state index in [0.29, 0.717) is 0 Å². The Kier molecular flexibility index (Phi) is 11.8. The van der Waals surface area contributed by atoms with Crippen LogP contribution in [0.4, 0.5) is 0 Å². The molecule has 0 amide bonds. The average molecular weight is 232 g/mol. The zero-order chi connectivity index (χ0) is 9.10. The molecule has 0 nitrogen and oxygen atoms in total. The quantitative estimate of drug-likeness (QED) is 0.548. The van der Waals surface area contributed by atoms with E-state index in [9.17, 15) is 0 Å². The predicted octanol–water partition coefficient (Wildman–Crippen LogP) is 6.21. The minimum Gasteiger partial charge on any atom is -0.0776 e. The van der Waals surface area contributed by atoms with Gasteiger partial charge in [-0.15, -0.1) is 0 Å². The van der Waals surface area contributed by atoms with Crippen molar-refractivity contribution in [3.8, 4) is 11.1 Å². The van der Waals surface area contributed by atoms with Gasteiger partial charge in [0.25, 0.3) is 0 Å². The van der Waals surface area contributed by atoms with Gasteiger partial charge in [0.05, 0.1) is 0 Å². The first-order valence-electron chi connectivity index (χ1n) is 4.49. The largest absolute Gasteiger partial charge is 0.0776 e. The molecule has 0 bridgehead atoms. The average Bonchev–Trinajstić information content (AvgIpc) is 2.20. The third-order valence-corrected chi connectivity index (χ3v) is 2.23. The van der Waals surface area contributed by atoms with E-state index in [2.05, 4.69) is 55.5 Å². The second kappa shape index (κ2) is 9.65. The molecule has 96 valence electrons. The molecule has 0 fully saturated rings. The Morgan fingerprint density at radius 1 is 0.588 bits per heavy atom. The molecule has 0 saturated carbocycles. The van der Waals surface area contributed by atoms with Crippen LogP contribution >= 0.6 is 0 Å². The lowest BCUT2D eigenvalue weighted by Gasteiger charge is -2.04. The first-order chi connectivity index (χ1) is 6.38. The van der Waals surface area contributed by atoms with Gasteiger partial charge in [-0.3, -0.25) is 0 Å². The van der Waals surface area contributed by atoms with E-state index in [-0.39, 0.29) is 29.7 Å². The fourth-order valence-corrected chi connectivity index (χ4v) is 1.51. The Hall–Kier alpha value is -1.56. The van der Waals surface area contributed by atoms with Crippen LogP contribution in [0.5, 0.6) is 0 Å². The van der Waals surface area contributed by atoms with E-state index in [4.69, 9.17) is 0 Å². The fraction of sp³-hybridized carbons (Fsp3) is 0.294. The van der Waals surface area contributed by atoms with Gasteiger partial charge in [0.1, 0.15) is 0 Å². The Bertz CT molecular complexity index is 388. The van der Waals surface area contributed by atoms with Crippen LogP contribution in [0, 0.1) is 6.92 Å². The van der Waals surface area contributed by atoms with E-state index in [0.717, 1.165) is 0 Å². The molecule has 2 aromatic carbocycles. The van der Waals surface area contributed by atoms with Crippen molar-refractivity contribution in [3.63, 3.8) is 0 Å². The minimum absolute atomic E-state index is 0. The summed E-state index contributed by atoms with van der Waals surface area (Å²) in [6.07, 6.45) is 0. The lowest BCUT2D eigenvalue weighted by Crippen LogP contribution is -1.80. The molecule has 0 N–H and O–H groups in total. The van der Waals surface area contributed by atoms with Crippen LogP contribution in [0.2, 0.25) is 0 Å². The van der Waals surface area contributed by atoms with Crippen molar-refractivity contribution in [1.29, 1.82) is 0 Å². The standard InChI is InChI=1S/C13H12.4CH4/c1-11-7-5-6-10-13(11)12-8-3-2-4-9-12;;;;/h2-10H,1H3;4*1H4. The van der Waals surface area contributed by atoms with Crippen LogP contribution in [0.25, 0.3) is 11.1 Å². The summed E-state index contributed by atoms with van der Waals surface area (Å²) in [4.78, 5) is 0. The molecule has 0 atom stereocenters. The van der Waals surface area contributed by atoms with Crippen LogP contribution in [0.15, 0.2) is 54.6 Å². The normalized spacial score (nSPS) is 7.59. The van der Waals surface area contributed by atoms with Gasteiger partial charge in [-0.25, -0.2) is 0 Å². The maximum absolute atomic E-state index is 2.16. The van der Waals surface area contributed by atoms with Crippen LogP contribution in [-0.2, 0) is 0 Å². The molecule has 0 radical (unpaired) electrons. The van der Waals surface area contributed by atoms with E-state index >= 15 is 0 Å². The molecular formula is C17H28. The van der Waals surface area contributed by atoms with Gasteiger partial charge in [0.15, 0.2) is 0 Å². The van der Waals surface area contributed by atoms with Gasteiger partial charge in [0, 0.05) is 0 Å². The zero-order valence-electron chi connectivity index (χ0n) is 7.70. The summed E-state index contributed by atoms with van der Waals surface area (Å²) in [5.41, 5.74) is 3.94. The maximum atomic E-state index is 2.16. The molecule has 0 heterocycles.